The van der Waals surface area contributed by atoms with Crippen LogP contribution in [0.3, 0.4) is 0 Å². The van der Waals surface area contributed by atoms with Gasteiger partial charge >= 0.3 is 0 Å². The zero-order valence-electron chi connectivity index (χ0n) is 35.4. The van der Waals surface area contributed by atoms with Crippen LogP contribution in [0, 0.1) is 0 Å². The highest BCUT2D eigenvalue weighted by Crippen LogP contribution is 2.49. The van der Waals surface area contributed by atoms with Crippen molar-refractivity contribution < 1.29 is 41.0 Å². The highest BCUT2D eigenvalue weighted by atomic mass is 35.5. The van der Waals surface area contributed by atoms with E-state index in [1.807, 2.05) is 72.8 Å². The molecule has 6 rings (SSSR count). The Balaban J connectivity index is 1.38. The van der Waals surface area contributed by atoms with E-state index in [1.165, 1.54) is 7.11 Å². The molecule has 0 aliphatic heterocycles. The summed E-state index contributed by atoms with van der Waals surface area (Å²) in [6, 6.07) is 24.5. The number of alkyl halides is 2. The Bertz CT molecular complexity index is 2560. The molecule has 6 aromatic rings. The minimum Gasteiger partial charge on any atom is -0.490 e. The van der Waals surface area contributed by atoms with E-state index in [0.29, 0.717) is 105 Å². The Morgan fingerprint density at radius 2 is 1.09 bits per heavy atom. The van der Waals surface area contributed by atoms with Crippen LogP contribution in [0.25, 0.3) is 0 Å². The number of hydrogen-bond acceptors (Lipinski definition) is 11. The summed E-state index contributed by atoms with van der Waals surface area (Å²) < 4.78 is 64.1. The molecule has 4 aromatic carbocycles. The number of aromatic nitrogens is 2. The van der Waals surface area contributed by atoms with E-state index in [2.05, 4.69) is 24.0 Å². The van der Waals surface area contributed by atoms with Gasteiger partial charge in [0.25, 0.3) is 5.88 Å². The second kappa shape index (κ2) is 22.0. The number of methoxy groups -OCH3 is 1. The number of nitrogens with zero attached hydrogens (tertiary/aromatic N) is 2. The van der Waals surface area contributed by atoms with Crippen LogP contribution in [0.1, 0.15) is 73.3 Å². The molecule has 11 nitrogen and oxygen atoms in total. The third-order valence-electron chi connectivity index (χ3n) is 10.9. The lowest BCUT2D eigenvalue weighted by molar-refractivity contribution is 0.244. The number of oxazole rings is 1. The largest absolute Gasteiger partial charge is 0.490 e. The molecule has 0 saturated heterocycles. The number of halogens is 6. The van der Waals surface area contributed by atoms with Crippen LogP contribution < -0.4 is 23.7 Å². The molecule has 2 atom stereocenters. The minimum absolute atomic E-state index is 0.0958. The molecule has 0 amide bonds. The smallest absolute Gasteiger partial charge is 0.254 e. The lowest BCUT2D eigenvalue weighted by Crippen LogP contribution is -2.31. The summed E-state index contributed by atoms with van der Waals surface area (Å²) in [7, 11) is -2.10. The number of hydrogen-bond donors (Lipinski definition) is 0. The van der Waals surface area contributed by atoms with Crippen LogP contribution in [0.5, 0.6) is 28.9 Å². The minimum atomic E-state index is -3.62. The lowest BCUT2D eigenvalue weighted by Gasteiger charge is -2.38. The van der Waals surface area contributed by atoms with Gasteiger partial charge in [-0.3, -0.25) is 0 Å². The number of sulfone groups is 1. The highest BCUT2D eigenvalue weighted by molar-refractivity contribution is 7.90. The van der Waals surface area contributed by atoms with E-state index >= 15 is 0 Å². The summed E-state index contributed by atoms with van der Waals surface area (Å²) in [5.41, 5.74) is 2.09. The quantitative estimate of drug-likeness (QED) is 0.0449. The van der Waals surface area contributed by atoms with Crippen LogP contribution in [0.15, 0.2) is 99.2 Å². The molecule has 0 bridgehead atoms. The van der Waals surface area contributed by atoms with E-state index in [0.717, 1.165) is 34.9 Å². The molecule has 0 aliphatic rings. The van der Waals surface area contributed by atoms with Crippen LogP contribution in [-0.4, -0.2) is 56.9 Å². The average molecular weight is 1020 g/mol. The molecule has 18 heteroatoms. The van der Waals surface area contributed by atoms with Gasteiger partial charge in [0.05, 0.1) is 40.4 Å². The topological polar surface area (TPSA) is 132 Å². The zero-order valence-corrected chi connectivity index (χ0v) is 40.8. The number of rotatable bonds is 23. The molecular formula is C46H46Cl6N2O9S. The average Bonchev–Trinajstić information content (AvgIpc) is 3.96. The van der Waals surface area contributed by atoms with Gasteiger partial charge in [0.2, 0.25) is 0 Å². The molecule has 2 aromatic heterocycles. The molecule has 0 saturated carbocycles. The first-order valence-electron chi connectivity index (χ1n) is 20.0. The van der Waals surface area contributed by atoms with Gasteiger partial charge in [-0.25, -0.2) is 13.4 Å². The summed E-state index contributed by atoms with van der Waals surface area (Å²) in [6.07, 6.45) is 4.46. The maximum absolute atomic E-state index is 12.2. The summed E-state index contributed by atoms with van der Waals surface area (Å²) in [5.74, 6) is 3.67. The van der Waals surface area contributed by atoms with Gasteiger partial charge < -0.3 is 32.6 Å². The monoisotopic (exact) mass is 1010 g/mol. The lowest BCUT2D eigenvalue weighted by atomic mass is 9.66. The third-order valence-corrected chi connectivity index (χ3v) is 13.6. The van der Waals surface area contributed by atoms with Gasteiger partial charge in [0.15, 0.2) is 44.3 Å². The molecule has 0 spiro atoms. The van der Waals surface area contributed by atoms with Crippen molar-refractivity contribution in [1.82, 2.24) is 10.1 Å². The highest BCUT2D eigenvalue weighted by Gasteiger charge is 2.37. The van der Waals surface area contributed by atoms with Crippen LogP contribution in [0.4, 0.5) is 0 Å². The van der Waals surface area contributed by atoms with Gasteiger partial charge in [0, 0.05) is 34.9 Å². The molecular weight excluding hydrogens is 969 g/mol. The van der Waals surface area contributed by atoms with Crippen molar-refractivity contribution in [3.8, 4) is 28.9 Å². The Morgan fingerprint density at radius 3 is 1.50 bits per heavy atom. The SMILES string of the molecule is COc1cc(COc2ccc(C(C)(CCC(C)(c3ccc(OCc4ocnc4S(C)(=O)=O)cc3)c3cc(Cl)c(OCCCCl)c(Cl)c3)c3cc(Cl)c(OCCCCl)c(Cl)c3)cc2)on1. The maximum atomic E-state index is 12.2. The van der Waals surface area contributed by atoms with Crippen molar-refractivity contribution in [3.05, 3.63) is 139 Å². The first kappa shape index (κ1) is 49.4. The Morgan fingerprint density at radius 1 is 0.641 bits per heavy atom. The fourth-order valence-corrected chi connectivity index (χ4v) is 9.32. The van der Waals surface area contributed by atoms with E-state index in [-0.39, 0.29) is 24.0 Å². The number of ether oxygens (including phenoxy) is 5. The summed E-state index contributed by atoms with van der Waals surface area (Å²) in [4.78, 5) is 3.85. The van der Waals surface area contributed by atoms with Crippen molar-refractivity contribution in [2.45, 2.75) is 68.6 Å². The second-order valence-electron chi connectivity index (χ2n) is 15.3. The zero-order chi connectivity index (χ0) is 46.1. The van der Waals surface area contributed by atoms with Gasteiger partial charge in [-0.2, -0.15) is 0 Å². The van der Waals surface area contributed by atoms with E-state index in [4.69, 9.17) is 102 Å². The Labute approximate surface area is 403 Å². The fourth-order valence-electron chi connectivity index (χ4n) is 7.16. The summed E-state index contributed by atoms with van der Waals surface area (Å²) >= 11 is 39.6. The van der Waals surface area contributed by atoms with E-state index < -0.39 is 20.7 Å². The van der Waals surface area contributed by atoms with Crippen molar-refractivity contribution in [2.24, 2.45) is 0 Å². The van der Waals surface area contributed by atoms with Crippen molar-refractivity contribution in [2.75, 3.05) is 38.3 Å². The molecule has 0 radical (unpaired) electrons. The van der Waals surface area contributed by atoms with Crippen LogP contribution in [-0.2, 0) is 33.9 Å². The van der Waals surface area contributed by atoms with Gasteiger partial charge in [-0.1, -0.05) is 84.5 Å². The standard InChI is InChI=1S/C46H46Cl6N2O9S/c1-45(31-21-36(49)42(37(50)22-31)58-19-5-17-47,29-7-11-33(12-8-29)60-26-35-25-41(57-3)54-63-35)15-16-46(2,32-23-38(51)43(39(52)24-32)59-20-6-18-48)30-9-13-34(14-10-30)61-27-40-44(53-28-62-40)64(4,55)56/h7-14,21-25,28H,5-6,15-20,26-27H2,1-4H3. The predicted molar refractivity (Wildman–Crippen MR) is 251 cm³/mol. The normalized spacial score (nSPS) is 13.5. The van der Waals surface area contributed by atoms with Crippen LogP contribution >= 0.6 is 69.6 Å². The maximum Gasteiger partial charge on any atom is 0.254 e. The van der Waals surface area contributed by atoms with Crippen molar-refractivity contribution in [1.29, 1.82) is 0 Å². The first-order chi connectivity index (χ1) is 30.6. The third kappa shape index (κ3) is 11.9. The van der Waals surface area contributed by atoms with E-state index in [9.17, 15) is 8.42 Å². The number of benzene rings is 4. The van der Waals surface area contributed by atoms with Gasteiger partial charge in [-0.15, -0.1) is 23.2 Å². The van der Waals surface area contributed by atoms with Gasteiger partial charge in [-0.05, 0) is 102 Å². The molecule has 342 valence electrons. The molecule has 2 heterocycles. The summed E-state index contributed by atoms with van der Waals surface area (Å²) in [5, 5.41) is 5.10. The van der Waals surface area contributed by atoms with Crippen molar-refractivity contribution >= 4 is 79.4 Å². The Hall–Kier alpha value is -4.01. The molecule has 64 heavy (non-hydrogen) atoms. The Kier molecular flexibility index (Phi) is 17.0. The first-order valence-corrected chi connectivity index (χ1v) is 24.5. The second-order valence-corrected chi connectivity index (χ2v) is 19.6. The van der Waals surface area contributed by atoms with Crippen LogP contribution in [0.2, 0.25) is 20.1 Å². The van der Waals surface area contributed by atoms with E-state index in [1.54, 1.807) is 6.07 Å². The molecule has 0 aliphatic carbocycles. The molecule has 0 N–H and O–H groups in total. The fraction of sp³-hybridized carbons (Fsp3) is 0.348. The molecule has 0 fully saturated rings. The predicted octanol–water partition coefficient (Wildman–Crippen LogP) is 13.0. The molecule has 2 unspecified atom stereocenters. The summed E-state index contributed by atoms with van der Waals surface area (Å²) in [6.45, 7) is 4.96. The van der Waals surface area contributed by atoms with Crippen molar-refractivity contribution in [3.63, 3.8) is 0 Å². The van der Waals surface area contributed by atoms with Gasteiger partial charge in [0.1, 0.15) is 24.7 Å².